The Kier molecular flexibility index (Phi) is 12.9. The standard InChI is InChI=1S/C16H29N7O8/c17-8(3-4-12(26)27)13(28)21-6-11(25)22-10(7-24)14(29)23-9(15(30)31)2-1-5-20-16(18)19/h8-10,24H,1-7,17H2,(H,21,28)(H,22,25)(H,23,29)(H,26,27)(H,30,31)(H4,18,19,20). The number of nitrogens with one attached hydrogen (secondary N) is 3. The van der Waals surface area contributed by atoms with E-state index in [0.717, 1.165) is 0 Å². The van der Waals surface area contributed by atoms with Crippen molar-refractivity contribution >= 4 is 35.6 Å². The molecular formula is C16H29N7O8. The molecule has 0 rings (SSSR count). The van der Waals surface area contributed by atoms with Crippen LogP contribution in [-0.2, 0) is 24.0 Å². The lowest BCUT2D eigenvalue weighted by Gasteiger charge is -2.20. The van der Waals surface area contributed by atoms with Gasteiger partial charge in [-0.1, -0.05) is 0 Å². The minimum absolute atomic E-state index is 0.00572. The third kappa shape index (κ3) is 12.7. The summed E-state index contributed by atoms with van der Waals surface area (Å²) in [6, 6.07) is -3.92. The molecule has 0 bridgehead atoms. The quantitative estimate of drug-likeness (QED) is 0.0654. The van der Waals surface area contributed by atoms with Gasteiger partial charge in [-0.15, -0.1) is 0 Å². The summed E-state index contributed by atoms with van der Waals surface area (Å²) in [7, 11) is 0. The third-order valence-electron chi connectivity index (χ3n) is 3.82. The van der Waals surface area contributed by atoms with Gasteiger partial charge in [0.1, 0.15) is 12.1 Å². The average Bonchev–Trinajstić information content (AvgIpc) is 2.69. The van der Waals surface area contributed by atoms with Crippen molar-refractivity contribution in [1.29, 1.82) is 0 Å². The summed E-state index contributed by atoms with van der Waals surface area (Å²) in [5, 5.41) is 33.6. The van der Waals surface area contributed by atoms with Crippen LogP contribution >= 0.6 is 0 Å². The molecule has 176 valence electrons. The predicted molar refractivity (Wildman–Crippen MR) is 106 cm³/mol. The second-order valence-corrected chi connectivity index (χ2v) is 6.41. The second-order valence-electron chi connectivity index (χ2n) is 6.41. The fraction of sp³-hybridized carbons (Fsp3) is 0.625. The van der Waals surface area contributed by atoms with Gasteiger partial charge in [0.25, 0.3) is 0 Å². The molecule has 0 aliphatic carbocycles. The largest absolute Gasteiger partial charge is 0.481 e. The first-order valence-corrected chi connectivity index (χ1v) is 9.21. The number of guanidine groups is 1. The highest BCUT2D eigenvalue weighted by atomic mass is 16.4. The van der Waals surface area contributed by atoms with Crippen LogP contribution in [-0.4, -0.2) is 88.8 Å². The van der Waals surface area contributed by atoms with Crippen LogP contribution < -0.4 is 33.2 Å². The molecule has 3 amide bonds. The summed E-state index contributed by atoms with van der Waals surface area (Å²) in [6.07, 6.45) is -0.220. The van der Waals surface area contributed by atoms with E-state index < -0.39 is 60.9 Å². The number of aliphatic hydroxyl groups excluding tert-OH is 1. The van der Waals surface area contributed by atoms with Gasteiger partial charge in [-0.3, -0.25) is 24.2 Å². The highest BCUT2D eigenvalue weighted by Crippen LogP contribution is 2.00. The molecule has 0 aromatic carbocycles. The lowest BCUT2D eigenvalue weighted by Crippen LogP contribution is -2.55. The Morgan fingerprint density at radius 1 is 0.935 bits per heavy atom. The maximum absolute atomic E-state index is 12.2. The Hall–Kier alpha value is -3.46. The zero-order chi connectivity index (χ0) is 24.0. The maximum atomic E-state index is 12.2. The zero-order valence-electron chi connectivity index (χ0n) is 16.7. The summed E-state index contributed by atoms with van der Waals surface area (Å²) < 4.78 is 0. The first-order valence-electron chi connectivity index (χ1n) is 9.21. The summed E-state index contributed by atoms with van der Waals surface area (Å²) in [5.41, 5.74) is 15.8. The summed E-state index contributed by atoms with van der Waals surface area (Å²) in [6.45, 7) is -1.27. The molecule has 0 saturated carbocycles. The van der Waals surface area contributed by atoms with Crippen LogP contribution in [0.15, 0.2) is 4.99 Å². The molecule has 3 atom stereocenters. The third-order valence-corrected chi connectivity index (χ3v) is 3.82. The Morgan fingerprint density at radius 3 is 2.10 bits per heavy atom. The molecule has 15 heteroatoms. The van der Waals surface area contributed by atoms with Crippen molar-refractivity contribution in [3.8, 4) is 0 Å². The van der Waals surface area contributed by atoms with Gasteiger partial charge in [0, 0.05) is 13.0 Å². The number of hydrogen-bond donors (Lipinski definition) is 9. The van der Waals surface area contributed by atoms with E-state index in [-0.39, 0.29) is 38.2 Å². The molecule has 0 aliphatic heterocycles. The van der Waals surface area contributed by atoms with E-state index in [1.54, 1.807) is 0 Å². The maximum Gasteiger partial charge on any atom is 0.326 e. The normalized spacial score (nSPS) is 13.2. The van der Waals surface area contributed by atoms with Crippen LogP contribution in [0.5, 0.6) is 0 Å². The van der Waals surface area contributed by atoms with Crippen molar-refractivity contribution < 1.29 is 39.3 Å². The predicted octanol–water partition coefficient (Wildman–Crippen LogP) is -4.61. The highest BCUT2D eigenvalue weighted by molar-refractivity contribution is 5.92. The SMILES string of the molecule is NC(N)=NCCCC(NC(=O)C(CO)NC(=O)CNC(=O)C(N)CCC(=O)O)C(=O)O. The highest BCUT2D eigenvalue weighted by Gasteiger charge is 2.26. The molecule has 3 unspecified atom stereocenters. The number of carboxylic acids is 2. The van der Waals surface area contributed by atoms with E-state index >= 15 is 0 Å². The molecule has 12 N–H and O–H groups in total. The number of rotatable bonds is 15. The van der Waals surface area contributed by atoms with Gasteiger partial charge in [-0.05, 0) is 19.3 Å². The molecule has 0 spiro atoms. The number of aliphatic imine (C=N–C) groups is 1. The first-order chi connectivity index (χ1) is 14.5. The number of carbonyl (C=O) groups is 5. The van der Waals surface area contributed by atoms with Crippen LogP contribution in [0, 0.1) is 0 Å². The molecule has 31 heavy (non-hydrogen) atoms. The summed E-state index contributed by atoms with van der Waals surface area (Å²) in [4.78, 5) is 61.2. The molecule has 0 aromatic rings. The van der Waals surface area contributed by atoms with Gasteiger partial charge in [0.15, 0.2) is 5.96 Å². The zero-order valence-corrected chi connectivity index (χ0v) is 16.7. The average molecular weight is 447 g/mol. The van der Waals surface area contributed by atoms with Crippen molar-refractivity contribution in [3.63, 3.8) is 0 Å². The van der Waals surface area contributed by atoms with Crippen molar-refractivity contribution in [2.45, 2.75) is 43.8 Å². The van der Waals surface area contributed by atoms with Gasteiger partial charge >= 0.3 is 11.9 Å². The minimum Gasteiger partial charge on any atom is -0.481 e. The van der Waals surface area contributed by atoms with E-state index in [2.05, 4.69) is 20.9 Å². The number of carboxylic acid groups (broad SMARTS) is 2. The smallest absolute Gasteiger partial charge is 0.326 e. The Labute approximate surface area is 177 Å². The molecule has 0 aromatic heterocycles. The monoisotopic (exact) mass is 447 g/mol. The fourth-order valence-electron chi connectivity index (χ4n) is 2.18. The number of nitrogens with two attached hydrogens (primary N) is 3. The Morgan fingerprint density at radius 2 is 1.58 bits per heavy atom. The fourth-order valence-corrected chi connectivity index (χ4v) is 2.18. The summed E-state index contributed by atoms with van der Waals surface area (Å²) >= 11 is 0. The van der Waals surface area contributed by atoms with Crippen molar-refractivity contribution in [1.82, 2.24) is 16.0 Å². The van der Waals surface area contributed by atoms with Crippen molar-refractivity contribution in [2.75, 3.05) is 19.7 Å². The van der Waals surface area contributed by atoms with Gasteiger partial charge < -0.3 is 48.5 Å². The number of hydrogen-bond acceptors (Lipinski definition) is 8. The molecule has 0 fully saturated rings. The van der Waals surface area contributed by atoms with E-state index in [4.69, 9.17) is 22.3 Å². The second kappa shape index (κ2) is 14.5. The van der Waals surface area contributed by atoms with Gasteiger partial charge in [0.2, 0.25) is 17.7 Å². The molecular weight excluding hydrogens is 418 g/mol. The number of amides is 3. The number of carbonyl (C=O) groups excluding carboxylic acids is 3. The van der Waals surface area contributed by atoms with Crippen molar-refractivity contribution in [3.05, 3.63) is 0 Å². The lowest BCUT2D eigenvalue weighted by molar-refractivity contribution is -0.142. The number of aliphatic hydroxyl groups is 1. The summed E-state index contributed by atoms with van der Waals surface area (Å²) in [5.74, 6) is -5.19. The van der Waals surface area contributed by atoms with Crippen LogP contribution in [0.25, 0.3) is 0 Å². The van der Waals surface area contributed by atoms with Gasteiger partial charge in [-0.2, -0.15) is 0 Å². The number of nitrogens with zero attached hydrogens (tertiary/aromatic N) is 1. The minimum atomic E-state index is -1.47. The topological polar surface area (TPSA) is 273 Å². The number of aliphatic carboxylic acids is 2. The van der Waals surface area contributed by atoms with Crippen LogP contribution in [0.3, 0.4) is 0 Å². The molecule has 0 radical (unpaired) electrons. The van der Waals surface area contributed by atoms with Crippen LogP contribution in [0.4, 0.5) is 0 Å². The van der Waals surface area contributed by atoms with Crippen molar-refractivity contribution in [2.24, 2.45) is 22.2 Å². The molecule has 0 saturated heterocycles. The molecule has 15 nitrogen and oxygen atoms in total. The van der Waals surface area contributed by atoms with Crippen LogP contribution in [0.1, 0.15) is 25.7 Å². The Bertz CT molecular complexity index is 681. The van der Waals surface area contributed by atoms with Gasteiger partial charge in [0.05, 0.1) is 19.2 Å². The van der Waals surface area contributed by atoms with E-state index in [0.29, 0.717) is 0 Å². The van der Waals surface area contributed by atoms with Crippen LogP contribution in [0.2, 0.25) is 0 Å². The van der Waals surface area contributed by atoms with E-state index in [9.17, 15) is 34.2 Å². The van der Waals surface area contributed by atoms with E-state index in [1.165, 1.54) is 0 Å². The molecule has 0 aliphatic rings. The lowest BCUT2D eigenvalue weighted by atomic mass is 10.1. The molecule has 0 heterocycles. The van der Waals surface area contributed by atoms with Gasteiger partial charge in [-0.25, -0.2) is 4.79 Å². The van der Waals surface area contributed by atoms with E-state index in [1.807, 2.05) is 0 Å². The first kappa shape index (κ1) is 27.5. The Balaban J connectivity index is 4.60.